The number of nitrogens with zero attached hydrogens (tertiary/aromatic N) is 1. The Hall–Kier alpha value is -3.02. The van der Waals surface area contributed by atoms with Crippen LogP contribution < -0.4 is 15.0 Å². The summed E-state index contributed by atoms with van der Waals surface area (Å²) in [6.45, 7) is 9.54. The van der Waals surface area contributed by atoms with Gasteiger partial charge in [-0.15, -0.1) is 0 Å². The molecule has 6 nitrogen and oxygen atoms in total. The number of aliphatic carboxylic acids is 1. The molecule has 0 spiro atoms. The average Bonchev–Trinajstić information content (AvgIpc) is 2.80. The Morgan fingerprint density at radius 1 is 1.06 bits per heavy atom. The van der Waals surface area contributed by atoms with Crippen LogP contribution in [0.1, 0.15) is 70.5 Å². The van der Waals surface area contributed by atoms with Crippen LogP contribution in [0.25, 0.3) is 0 Å². The fraction of sp³-hybridized carbons (Fsp3) is 0.500. The summed E-state index contributed by atoms with van der Waals surface area (Å²) in [7, 11) is 0. The van der Waals surface area contributed by atoms with Gasteiger partial charge in [0, 0.05) is 18.8 Å². The average molecular weight is 467 g/mol. The number of carboxylic acid groups (broad SMARTS) is 1. The first-order valence-corrected chi connectivity index (χ1v) is 12.3. The Morgan fingerprint density at radius 2 is 1.74 bits per heavy atom. The zero-order valence-electron chi connectivity index (χ0n) is 20.8. The van der Waals surface area contributed by atoms with E-state index in [9.17, 15) is 14.7 Å². The van der Waals surface area contributed by atoms with Gasteiger partial charge in [0.2, 0.25) is 5.91 Å². The summed E-state index contributed by atoms with van der Waals surface area (Å²) >= 11 is 0. The largest absolute Gasteiger partial charge is 0.478 e. The Kier molecular flexibility index (Phi) is 8.59. The number of carbonyl (C=O) groups excluding carboxylic acids is 1. The van der Waals surface area contributed by atoms with E-state index in [1.165, 1.54) is 38.8 Å². The highest BCUT2D eigenvalue weighted by Crippen LogP contribution is 2.27. The molecule has 2 N–H and O–H groups in total. The maximum Gasteiger partial charge on any atom is 0.347 e. The van der Waals surface area contributed by atoms with Crippen molar-refractivity contribution in [3.8, 4) is 5.75 Å². The number of anilines is 1. The monoisotopic (exact) mass is 466 g/mol. The van der Waals surface area contributed by atoms with Crippen LogP contribution in [0.3, 0.4) is 0 Å². The molecule has 1 unspecified atom stereocenters. The molecule has 0 radical (unpaired) electrons. The van der Waals surface area contributed by atoms with Gasteiger partial charge in [-0.1, -0.05) is 38.1 Å². The fourth-order valence-corrected chi connectivity index (χ4v) is 4.28. The Balaban J connectivity index is 1.66. The van der Waals surface area contributed by atoms with Crippen LogP contribution in [-0.4, -0.2) is 35.7 Å². The highest BCUT2D eigenvalue weighted by atomic mass is 16.5. The van der Waals surface area contributed by atoms with E-state index in [0.717, 1.165) is 30.6 Å². The van der Waals surface area contributed by atoms with E-state index in [-0.39, 0.29) is 18.4 Å². The lowest BCUT2D eigenvalue weighted by Crippen LogP contribution is -2.37. The zero-order chi connectivity index (χ0) is 24.7. The molecule has 1 atom stereocenters. The normalized spacial score (nSPS) is 15.1. The summed E-state index contributed by atoms with van der Waals surface area (Å²) in [6.07, 6.45) is 4.88. The second kappa shape index (κ2) is 11.4. The molecule has 6 heteroatoms. The van der Waals surface area contributed by atoms with Crippen molar-refractivity contribution in [1.29, 1.82) is 0 Å². The number of amides is 1. The van der Waals surface area contributed by atoms with Gasteiger partial charge in [0.05, 0.1) is 12.5 Å². The molecule has 1 heterocycles. The van der Waals surface area contributed by atoms with Crippen LogP contribution in [0.5, 0.6) is 5.75 Å². The van der Waals surface area contributed by atoms with Crippen molar-refractivity contribution < 1.29 is 19.4 Å². The first kappa shape index (κ1) is 25.6. The van der Waals surface area contributed by atoms with E-state index in [0.29, 0.717) is 11.7 Å². The Labute approximate surface area is 203 Å². The van der Waals surface area contributed by atoms with Crippen molar-refractivity contribution in [2.75, 3.05) is 18.0 Å². The number of nitrogens with one attached hydrogen (secondary N) is 1. The van der Waals surface area contributed by atoms with Crippen LogP contribution in [0, 0.1) is 5.92 Å². The van der Waals surface area contributed by atoms with E-state index >= 15 is 0 Å². The second-order valence-electron chi connectivity index (χ2n) is 10.1. The maximum absolute atomic E-state index is 12.9. The number of carboxylic acids is 1. The van der Waals surface area contributed by atoms with Crippen LogP contribution in [0.15, 0.2) is 48.5 Å². The molecule has 0 aromatic heterocycles. The number of piperidine rings is 1. The minimum Gasteiger partial charge on any atom is -0.478 e. The number of hydrogen-bond acceptors (Lipinski definition) is 4. The molecule has 0 aliphatic carbocycles. The summed E-state index contributed by atoms with van der Waals surface area (Å²) in [5, 5.41) is 12.5. The molecule has 0 saturated carbocycles. The molecule has 3 rings (SSSR count). The Morgan fingerprint density at radius 3 is 2.35 bits per heavy atom. The highest BCUT2D eigenvalue weighted by Gasteiger charge is 2.29. The minimum atomic E-state index is -1.31. The summed E-state index contributed by atoms with van der Waals surface area (Å²) in [5.74, 6) is -0.160. The fourth-order valence-electron chi connectivity index (χ4n) is 4.28. The number of rotatable bonds is 10. The first-order valence-electron chi connectivity index (χ1n) is 12.3. The topological polar surface area (TPSA) is 78.9 Å². The number of ether oxygens (including phenoxy) is 1. The molecular formula is C28H38N2O4. The van der Waals surface area contributed by atoms with Gasteiger partial charge in [-0.2, -0.15) is 0 Å². The van der Waals surface area contributed by atoms with Crippen molar-refractivity contribution >= 4 is 17.6 Å². The number of carbonyl (C=O) groups is 2. The molecule has 1 fully saturated rings. The SMILES string of the molecule is CC(C)CC(NC(=O)Cc1ccc(OC(C)(C)C(=O)O)cc1)c1cccc(N2CCCCC2)c1. The van der Waals surface area contributed by atoms with Gasteiger partial charge < -0.3 is 20.1 Å². The molecule has 2 aromatic rings. The molecule has 2 aromatic carbocycles. The van der Waals surface area contributed by atoms with E-state index < -0.39 is 11.6 Å². The van der Waals surface area contributed by atoms with Crippen LogP contribution in [-0.2, 0) is 16.0 Å². The summed E-state index contributed by atoms with van der Waals surface area (Å²) in [6, 6.07) is 15.6. The lowest BCUT2D eigenvalue weighted by Gasteiger charge is -2.30. The van der Waals surface area contributed by atoms with Crippen LogP contribution in [0.4, 0.5) is 5.69 Å². The Bertz CT molecular complexity index is 963. The predicted octanol–water partition coefficient (Wildman–Crippen LogP) is 5.37. The molecular weight excluding hydrogens is 428 g/mol. The van der Waals surface area contributed by atoms with Crippen molar-refractivity contribution in [3.05, 3.63) is 59.7 Å². The van der Waals surface area contributed by atoms with Crippen molar-refractivity contribution in [2.24, 2.45) is 5.92 Å². The van der Waals surface area contributed by atoms with Crippen LogP contribution in [0.2, 0.25) is 0 Å². The predicted molar refractivity (Wildman–Crippen MR) is 135 cm³/mol. The smallest absolute Gasteiger partial charge is 0.347 e. The van der Waals surface area contributed by atoms with Gasteiger partial charge in [0.1, 0.15) is 5.75 Å². The molecule has 1 aliphatic heterocycles. The van der Waals surface area contributed by atoms with E-state index in [4.69, 9.17) is 4.74 Å². The van der Waals surface area contributed by atoms with Gasteiger partial charge in [0.25, 0.3) is 0 Å². The summed E-state index contributed by atoms with van der Waals surface area (Å²) < 4.78 is 5.55. The lowest BCUT2D eigenvalue weighted by molar-refractivity contribution is -0.152. The molecule has 184 valence electrons. The summed E-state index contributed by atoms with van der Waals surface area (Å²) in [5.41, 5.74) is 1.92. The van der Waals surface area contributed by atoms with Gasteiger partial charge in [-0.05, 0) is 80.8 Å². The van der Waals surface area contributed by atoms with Crippen LogP contribution >= 0.6 is 0 Å². The first-order chi connectivity index (χ1) is 16.1. The number of benzene rings is 2. The molecule has 0 bridgehead atoms. The maximum atomic E-state index is 12.9. The van der Waals surface area contributed by atoms with Gasteiger partial charge in [0.15, 0.2) is 5.60 Å². The highest BCUT2D eigenvalue weighted by molar-refractivity contribution is 5.79. The lowest BCUT2D eigenvalue weighted by atomic mass is 9.95. The molecule has 1 saturated heterocycles. The third-order valence-corrected chi connectivity index (χ3v) is 6.21. The van der Waals surface area contributed by atoms with Gasteiger partial charge in [-0.25, -0.2) is 4.79 Å². The van der Waals surface area contributed by atoms with E-state index in [1.807, 2.05) is 0 Å². The van der Waals surface area contributed by atoms with Crippen molar-refractivity contribution in [2.45, 2.75) is 71.4 Å². The molecule has 34 heavy (non-hydrogen) atoms. The van der Waals surface area contributed by atoms with E-state index in [1.54, 1.807) is 24.3 Å². The van der Waals surface area contributed by atoms with Crippen molar-refractivity contribution in [3.63, 3.8) is 0 Å². The quantitative estimate of drug-likeness (QED) is 0.492. The van der Waals surface area contributed by atoms with Gasteiger partial charge in [-0.3, -0.25) is 4.79 Å². The third kappa shape index (κ3) is 7.24. The zero-order valence-corrected chi connectivity index (χ0v) is 20.8. The summed E-state index contributed by atoms with van der Waals surface area (Å²) in [4.78, 5) is 26.6. The third-order valence-electron chi connectivity index (χ3n) is 6.21. The van der Waals surface area contributed by atoms with E-state index in [2.05, 4.69) is 48.3 Å². The minimum absolute atomic E-state index is 0.0337. The second-order valence-corrected chi connectivity index (χ2v) is 10.1. The van der Waals surface area contributed by atoms with Crippen molar-refractivity contribution in [1.82, 2.24) is 5.32 Å². The van der Waals surface area contributed by atoms with Gasteiger partial charge >= 0.3 is 5.97 Å². The molecule has 1 amide bonds. The standard InChI is InChI=1S/C28H38N2O4/c1-20(2)17-25(22-9-8-10-23(19-22)30-15-6-5-7-16-30)29-26(31)18-21-11-13-24(14-12-21)34-28(3,4)27(32)33/h8-14,19-20,25H,5-7,15-18H2,1-4H3,(H,29,31)(H,32,33). The molecule has 1 aliphatic rings. The number of hydrogen-bond donors (Lipinski definition) is 2.